The molecule has 0 saturated carbocycles. The summed E-state index contributed by atoms with van der Waals surface area (Å²) in [6.45, 7) is 4.41. The van der Waals surface area contributed by atoms with Crippen LogP contribution < -0.4 is 0 Å². The van der Waals surface area contributed by atoms with E-state index in [1.807, 2.05) is 23.1 Å². The van der Waals surface area contributed by atoms with Gasteiger partial charge in [0.2, 0.25) is 11.8 Å². The average molecular weight is 414 g/mol. The van der Waals surface area contributed by atoms with Crippen molar-refractivity contribution in [3.05, 3.63) is 47.6 Å². The fourth-order valence-electron chi connectivity index (χ4n) is 3.95. The second kappa shape index (κ2) is 10.7. The van der Waals surface area contributed by atoms with Crippen LogP contribution in [0.3, 0.4) is 0 Å². The molecule has 7 nitrogen and oxygen atoms in total. The molecule has 0 radical (unpaired) electrons. The van der Waals surface area contributed by atoms with Gasteiger partial charge in [-0.25, -0.2) is 0 Å². The van der Waals surface area contributed by atoms with Gasteiger partial charge in [0, 0.05) is 45.8 Å². The summed E-state index contributed by atoms with van der Waals surface area (Å²) >= 11 is 0. The van der Waals surface area contributed by atoms with Crippen LogP contribution in [0.4, 0.5) is 0 Å². The number of aryl methyl sites for hydroxylation is 1. The van der Waals surface area contributed by atoms with E-state index >= 15 is 0 Å². The van der Waals surface area contributed by atoms with Crippen molar-refractivity contribution in [3.8, 4) is 0 Å². The minimum Gasteiger partial charge on any atom is -0.381 e. The summed E-state index contributed by atoms with van der Waals surface area (Å²) in [7, 11) is 0. The number of carbonyl (C=O) groups is 1. The lowest BCUT2D eigenvalue weighted by molar-refractivity contribution is -0.136. The van der Waals surface area contributed by atoms with Crippen LogP contribution in [-0.2, 0) is 27.1 Å². The van der Waals surface area contributed by atoms with E-state index in [9.17, 15) is 4.79 Å². The van der Waals surface area contributed by atoms with Crippen LogP contribution >= 0.6 is 0 Å². The molecular formula is C23H31N3O4. The zero-order valence-electron chi connectivity index (χ0n) is 17.5. The number of ether oxygens (including phenoxy) is 2. The number of benzene rings is 1. The van der Waals surface area contributed by atoms with E-state index in [0.717, 1.165) is 45.5 Å². The van der Waals surface area contributed by atoms with Gasteiger partial charge in [0.15, 0.2) is 5.82 Å². The van der Waals surface area contributed by atoms with Gasteiger partial charge in [0.25, 0.3) is 0 Å². The van der Waals surface area contributed by atoms with Crippen molar-refractivity contribution in [1.29, 1.82) is 0 Å². The molecule has 0 spiro atoms. The smallest absolute Gasteiger partial charge is 0.233 e. The molecule has 4 rings (SSSR count). The second-order valence-corrected chi connectivity index (χ2v) is 8.26. The van der Waals surface area contributed by atoms with Crippen molar-refractivity contribution in [2.45, 2.75) is 44.4 Å². The first-order valence-corrected chi connectivity index (χ1v) is 11.1. The number of hydrogen-bond acceptors (Lipinski definition) is 6. The Labute approximate surface area is 177 Å². The topological polar surface area (TPSA) is 77.7 Å². The Bertz CT molecular complexity index is 783. The maximum atomic E-state index is 12.3. The minimum absolute atomic E-state index is 0.160. The van der Waals surface area contributed by atoms with E-state index in [1.54, 1.807) is 0 Å². The van der Waals surface area contributed by atoms with Crippen LogP contribution in [0.2, 0.25) is 0 Å². The van der Waals surface area contributed by atoms with E-state index < -0.39 is 0 Å². The highest BCUT2D eigenvalue weighted by molar-refractivity contribution is 5.77. The third-order valence-corrected chi connectivity index (χ3v) is 5.93. The van der Waals surface area contributed by atoms with Crippen molar-refractivity contribution >= 4 is 5.91 Å². The Kier molecular flexibility index (Phi) is 7.48. The summed E-state index contributed by atoms with van der Waals surface area (Å²) in [6, 6.07) is 10.3. The van der Waals surface area contributed by atoms with Gasteiger partial charge in [0.05, 0.1) is 12.5 Å². The van der Waals surface area contributed by atoms with Gasteiger partial charge >= 0.3 is 0 Å². The number of carbonyl (C=O) groups excluding carboxylic acids is 1. The van der Waals surface area contributed by atoms with Gasteiger partial charge in [-0.15, -0.1) is 0 Å². The van der Waals surface area contributed by atoms with Gasteiger partial charge < -0.3 is 18.9 Å². The molecule has 162 valence electrons. The van der Waals surface area contributed by atoms with Crippen LogP contribution in [0, 0.1) is 5.92 Å². The summed E-state index contributed by atoms with van der Waals surface area (Å²) in [5.41, 5.74) is 1.28. The minimum atomic E-state index is 0.160. The molecule has 2 saturated heterocycles. The molecular weight excluding hydrogens is 382 g/mol. The lowest BCUT2D eigenvalue weighted by Gasteiger charge is -2.37. The zero-order chi connectivity index (χ0) is 20.6. The maximum absolute atomic E-state index is 12.3. The SMILES string of the molecule is O=C(CCCc1ccccc1)N1CC(c2nc(CCOCC3CCOCC3)no2)C1. The second-order valence-electron chi connectivity index (χ2n) is 8.26. The molecule has 0 N–H and O–H groups in total. The lowest BCUT2D eigenvalue weighted by atomic mass is 9.99. The van der Waals surface area contributed by atoms with E-state index in [0.29, 0.717) is 50.2 Å². The fourth-order valence-corrected chi connectivity index (χ4v) is 3.95. The van der Waals surface area contributed by atoms with Crippen LogP contribution in [0.25, 0.3) is 0 Å². The molecule has 1 amide bonds. The Morgan fingerprint density at radius 1 is 1.13 bits per heavy atom. The number of amides is 1. The first-order chi connectivity index (χ1) is 14.8. The molecule has 30 heavy (non-hydrogen) atoms. The van der Waals surface area contributed by atoms with Crippen LogP contribution in [0.5, 0.6) is 0 Å². The third kappa shape index (κ3) is 5.89. The quantitative estimate of drug-likeness (QED) is 0.557. The molecule has 7 heteroatoms. The van der Waals surface area contributed by atoms with Crippen LogP contribution in [0.15, 0.2) is 34.9 Å². The molecule has 1 aromatic heterocycles. The number of likely N-dealkylation sites (tertiary alicyclic amines) is 1. The van der Waals surface area contributed by atoms with Crippen LogP contribution in [0.1, 0.15) is 48.9 Å². The van der Waals surface area contributed by atoms with E-state index in [-0.39, 0.29) is 11.8 Å². The molecule has 1 aromatic carbocycles. The third-order valence-electron chi connectivity index (χ3n) is 5.93. The molecule has 0 aliphatic carbocycles. The van der Waals surface area contributed by atoms with Crippen molar-refractivity contribution in [2.24, 2.45) is 5.92 Å². The molecule has 0 unspecified atom stereocenters. The largest absolute Gasteiger partial charge is 0.381 e. The van der Waals surface area contributed by atoms with Crippen molar-refractivity contribution in [1.82, 2.24) is 15.0 Å². The van der Waals surface area contributed by atoms with Crippen LogP contribution in [-0.4, -0.2) is 60.5 Å². The predicted octanol–water partition coefficient (Wildman–Crippen LogP) is 3.00. The Morgan fingerprint density at radius 2 is 1.93 bits per heavy atom. The maximum Gasteiger partial charge on any atom is 0.233 e. The summed E-state index contributed by atoms with van der Waals surface area (Å²) in [5, 5.41) is 4.07. The molecule has 0 bridgehead atoms. The number of aromatic nitrogens is 2. The summed E-state index contributed by atoms with van der Waals surface area (Å²) in [4.78, 5) is 18.7. The Balaban J connectivity index is 1.10. The molecule has 2 fully saturated rings. The Morgan fingerprint density at radius 3 is 2.73 bits per heavy atom. The fraction of sp³-hybridized carbons (Fsp3) is 0.609. The zero-order valence-corrected chi connectivity index (χ0v) is 17.5. The highest BCUT2D eigenvalue weighted by Gasteiger charge is 2.35. The molecule has 2 aromatic rings. The molecule has 3 heterocycles. The van der Waals surface area contributed by atoms with E-state index in [2.05, 4.69) is 22.3 Å². The van der Waals surface area contributed by atoms with Gasteiger partial charge in [-0.3, -0.25) is 4.79 Å². The molecule has 2 aliphatic rings. The van der Waals surface area contributed by atoms with Gasteiger partial charge in [0.1, 0.15) is 0 Å². The van der Waals surface area contributed by atoms with Crippen molar-refractivity contribution in [3.63, 3.8) is 0 Å². The van der Waals surface area contributed by atoms with Gasteiger partial charge in [-0.2, -0.15) is 4.98 Å². The predicted molar refractivity (Wildman–Crippen MR) is 111 cm³/mol. The van der Waals surface area contributed by atoms with Gasteiger partial charge in [-0.05, 0) is 37.2 Å². The van der Waals surface area contributed by atoms with Gasteiger partial charge in [-0.1, -0.05) is 35.5 Å². The monoisotopic (exact) mass is 413 g/mol. The standard InChI is InChI=1S/C23H31N3O4/c27-22(8-4-7-18-5-2-1-3-6-18)26-15-20(16-26)23-24-21(25-30-23)11-14-29-17-19-9-12-28-13-10-19/h1-3,5-6,19-20H,4,7-17H2. The van der Waals surface area contributed by atoms with E-state index in [4.69, 9.17) is 14.0 Å². The summed E-state index contributed by atoms with van der Waals surface area (Å²) in [6.07, 6.45) is 5.21. The van der Waals surface area contributed by atoms with Crippen molar-refractivity contribution < 1.29 is 18.8 Å². The normalized spacial score (nSPS) is 17.8. The summed E-state index contributed by atoms with van der Waals surface area (Å²) in [5.74, 6) is 2.30. The number of nitrogens with zero attached hydrogens (tertiary/aromatic N) is 3. The van der Waals surface area contributed by atoms with E-state index in [1.165, 1.54) is 5.56 Å². The highest BCUT2D eigenvalue weighted by atomic mass is 16.5. The average Bonchev–Trinajstić information content (AvgIpc) is 3.20. The lowest BCUT2D eigenvalue weighted by Crippen LogP contribution is -2.48. The summed E-state index contributed by atoms with van der Waals surface area (Å²) < 4.78 is 16.6. The molecule has 2 aliphatic heterocycles. The molecule has 0 atom stereocenters. The number of hydrogen-bond donors (Lipinski definition) is 0. The van der Waals surface area contributed by atoms with Crippen molar-refractivity contribution in [2.75, 3.05) is 39.5 Å². The highest BCUT2D eigenvalue weighted by Crippen LogP contribution is 2.26. The number of rotatable bonds is 10. The first kappa shape index (κ1) is 21.0. The first-order valence-electron chi connectivity index (χ1n) is 11.1. The Hall–Kier alpha value is -2.25.